The van der Waals surface area contributed by atoms with Crippen LogP contribution in [0.2, 0.25) is 0 Å². The summed E-state index contributed by atoms with van der Waals surface area (Å²) in [6.07, 6.45) is 0.820. The first-order valence-corrected chi connectivity index (χ1v) is 6.50. The van der Waals surface area contributed by atoms with Gasteiger partial charge in [0.25, 0.3) is 5.91 Å². The quantitative estimate of drug-likeness (QED) is 0.852. The van der Waals surface area contributed by atoms with Crippen LogP contribution in [0.1, 0.15) is 21.5 Å². The molecule has 0 fully saturated rings. The average molecular weight is 264 g/mol. The van der Waals surface area contributed by atoms with Gasteiger partial charge in [0, 0.05) is 19.2 Å². The van der Waals surface area contributed by atoms with E-state index < -0.39 is 0 Å². The summed E-state index contributed by atoms with van der Waals surface area (Å²) in [6, 6.07) is 18.9. The lowest BCUT2D eigenvalue weighted by molar-refractivity contribution is 0.0796. The Kier molecular flexibility index (Phi) is 4.52. The first kappa shape index (κ1) is 13.8. The van der Waals surface area contributed by atoms with Crippen molar-refractivity contribution >= 4 is 5.91 Å². The van der Waals surface area contributed by atoms with E-state index in [0.717, 1.165) is 6.42 Å². The van der Waals surface area contributed by atoms with E-state index in [1.54, 1.807) is 36.2 Å². The van der Waals surface area contributed by atoms with E-state index in [9.17, 15) is 4.79 Å². The average Bonchev–Trinajstić information content (AvgIpc) is 2.53. The Hall–Kier alpha value is -2.60. The molecule has 0 aliphatic rings. The summed E-state index contributed by atoms with van der Waals surface area (Å²) in [5.41, 5.74) is 2.27. The molecule has 0 heterocycles. The van der Waals surface area contributed by atoms with E-state index in [-0.39, 0.29) is 5.91 Å². The van der Waals surface area contributed by atoms with Gasteiger partial charge in [-0.15, -0.1) is 0 Å². The number of nitrogens with zero attached hydrogens (tertiary/aromatic N) is 2. The minimum absolute atomic E-state index is 0.0574. The summed E-state index contributed by atoms with van der Waals surface area (Å²) in [4.78, 5) is 13.9. The highest BCUT2D eigenvalue weighted by molar-refractivity contribution is 5.94. The Morgan fingerprint density at radius 1 is 1.15 bits per heavy atom. The Morgan fingerprint density at radius 3 is 2.60 bits per heavy atom. The number of hydrogen-bond acceptors (Lipinski definition) is 2. The monoisotopic (exact) mass is 264 g/mol. The van der Waals surface area contributed by atoms with E-state index >= 15 is 0 Å². The molecular weight excluding hydrogens is 248 g/mol. The normalized spacial score (nSPS) is 9.80. The third-order valence-electron chi connectivity index (χ3n) is 3.16. The van der Waals surface area contributed by atoms with Gasteiger partial charge in [-0.25, -0.2) is 0 Å². The molecule has 0 radical (unpaired) electrons. The van der Waals surface area contributed by atoms with Gasteiger partial charge in [0.2, 0.25) is 0 Å². The zero-order chi connectivity index (χ0) is 14.4. The Balaban J connectivity index is 2.00. The van der Waals surface area contributed by atoms with Crippen molar-refractivity contribution in [3.63, 3.8) is 0 Å². The molecule has 0 saturated heterocycles. The van der Waals surface area contributed by atoms with Crippen molar-refractivity contribution in [1.29, 1.82) is 5.26 Å². The van der Waals surface area contributed by atoms with Crippen LogP contribution in [0.15, 0.2) is 54.6 Å². The van der Waals surface area contributed by atoms with E-state index in [4.69, 9.17) is 5.26 Å². The highest BCUT2D eigenvalue weighted by atomic mass is 16.2. The van der Waals surface area contributed by atoms with E-state index in [0.29, 0.717) is 17.7 Å². The lowest BCUT2D eigenvalue weighted by Crippen LogP contribution is -2.28. The van der Waals surface area contributed by atoms with Gasteiger partial charge in [0.1, 0.15) is 0 Å². The van der Waals surface area contributed by atoms with Crippen molar-refractivity contribution in [2.24, 2.45) is 0 Å². The smallest absolute Gasteiger partial charge is 0.253 e. The number of benzene rings is 2. The van der Waals surface area contributed by atoms with Crippen LogP contribution < -0.4 is 0 Å². The molecule has 0 aliphatic heterocycles. The number of hydrogen-bond donors (Lipinski definition) is 0. The molecule has 0 spiro atoms. The Labute approximate surface area is 119 Å². The summed E-state index contributed by atoms with van der Waals surface area (Å²) < 4.78 is 0. The van der Waals surface area contributed by atoms with Gasteiger partial charge in [-0.05, 0) is 30.2 Å². The molecule has 2 aromatic rings. The zero-order valence-electron chi connectivity index (χ0n) is 11.4. The van der Waals surface area contributed by atoms with Crippen LogP contribution >= 0.6 is 0 Å². The zero-order valence-corrected chi connectivity index (χ0v) is 11.4. The van der Waals surface area contributed by atoms with Crippen LogP contribution in [0.25, 0.3) is 0 Å². The fraction of sp³-hybridized carbons (Fsp3) is 0.176. The molecule has 0 aromatic heterocycles. The lowest BCUT2D eigenvalue weighted by Gasteiger charge is -2.17. The first-order chi connectivity index (χ1) is 9.70. The molecule has 0 unspecified atom stereocenters. The van der Waals surface area contributed by atoms with Gasteiger partial charge < -0.3 is 4.90 Å². The Morgan fingerprint density at radius 2 is 1.90 bits per heavy atom. The minimum Gasteiger partial charge on any atom is -0.341 e. The summed E-state index contributed by atoms with van der Waals surface area (Å²) >= 11 is 0. The fourth-order valence-corrected chi connectivity index (χ4v) is 1.99. The van der Waals surface area contributed by atoms with E-state index in [1.165, 1.54) is 5.56 Å². The van der Waals surface area contributed by atoms with Crippen molar-refractivity contribution in [2.75, 3.05) is 13.6 Å². The number of likely N-dealkylation sites (N-methyl/N-ethyl adjacent to an activating group) is 1. The number of rotatable bonds is 4. The molecule has 0 aliphatic carbocycles. The summed E-state index contributed by atoms with van der Waals surface area (Å²) in [5, 5.41) is 8.86. The first-order valence-electron chi connectivity index (χ1n) is 6.50. The predicted octanol–water partition coefficient (Wildman–Crippen LogP) is 2.87. The van der Waals surface area contributed by atoms with Gasteiger partial charge in [0.15, 0.2) is 0 Å². The van der Waals surface area contributed by atoms with Crippen molar-refractivity contribution in [3.8, 4) is 6.07 Å². The van der Waals surface area contributed by atoms with Gasteiger partial charge in [-0.2, -0.15) is 5.26 Å². The van der Waals surface area contributed by atoms with Gasteiger partial charge >= 0.3 is 0 Å². The second-order valence-electron chi connectivity index (χ2n) is 4.65. The van der Waals surface area contributed by atoms with Crippen molar-refractivity contribution < 1.29 is 4.79 Å². The van der Waals surface area contributed by atoms with Crippen molar-refractivity contribution in [1.82, 2.24) is 4.90 Å². The van der Waals surface area contributed by atoms with Gasteiger partial charge in [-0.3, -0.25) is 4.79 Å². The molecule has 0 saturated carbocycles. The van der Waals surface area contributed by atoms with Crippen LogP contribution in [0, 0.1) is 11.3 Å². The van der Waals surface area contributed by atoms with E-state index in [2.05, 4.69) is 12.1 Å². The summed E-state index contributed by atoms with van der Waals surface area (Å²) in [7, 11) is 1.78. The largest absolute Gasteiger partial charge is 0.341 e. The maximum Gasteiger partial charge on any atom is 0.253 e. The second kappa shape index (κ2) is 6.53. The summed E-state index contributed by atoms with van der Waals surface area (Å²) in [6.45, 7) is 0.652. The third-order valence-corrected chi connectivity index (χ3v) is 3.16. The van der Waals surface area contributed by atoms with Crippen LogP contribution in [-0.2, 0) is 6.42 Å². The molecular formula is C17H16N2O. The maximum atomic E-state index is 12.3. The van der Waals surface area contributed by atoms with Gasteiger partial charge in [0.05, 0.1) is 11.6 Å². The highest BCUT2D eigenvalue weighted by Gasteiger charge is 2.11. The number of amides is 1. The molecule has 3 nitrogen and oxygen atoms in total. The maximum absolute atomic E-state index is 12.3. The molecule has 2 rings (SSSR count). The van der Waals surface area contributed by atoms with Crippen LogP contribution in [-0.4, -0.2) is 24.4 Å². The molecule has 100 valence electrons. The molecule has 3 heteroatoms. The van der Waals surface area contributed by atoms with Gasteiger partial charge in [-0.1, -0.05) is 36.4 Å². The van der Waals surface area contributed by atoms with Crippen LogP contribution in [0.4, 0.5) is 0 Å². The van der Waals surface area contributed by atoms with Crippen molar-refractivity contribution in [2.45, 2.75) is 6.42 Å². The summed E-state index contributed by atoms with van der Waals surface area (Å²) in [5.74, 6) is -0.0574. The van der Waals surface area contributed by atoms with Crippen molar-refractivity contribution in [3.05, 3.63) is 71.3 Å². The molecule has 1 amide bonds. The molecule has 2 aromatic carbocycles. The van der Waals surface area contributed by atoms with E-state index in [1.807, 2.05) is 24.3 Å². The fourth-order valence-electron chi connectivity index (χ4n) is 1.99. The number of carbonyl (C=O) groups is 1. The molecule has 0 bridgehead atoms. The third kappa shape index (κ3) is 3.46. The lowest BCUT2D eigenvalue weighted by atomic mass is 10.1. The Bertz CT molecular complexity index is 629. The molecule has 0 N–H and O–H groups in total. The minimum atomic E-state index is -0.0574. The standard InChI is InChI=1S/C17H16N2O/c1-19(11-10-14-6-3-2-4-7-14)17(20)16-9-5-8-15(12-16)13-18/h2-9,12H,10-11H2,1H3. The molecule has 0 atom stereocenters. The SMILES string of the molecule is CN(CCc1ccccc1)C(=O)c1cccc(C#N)c1. The number of carbonyl (C=O) groups excluding carboxylic acids is 1. The number of nitriles is 1. The molecule has 20 heavy (non-hydrogen) atoms. The second-order valence-corrected chi connectivity index (χ2v) is 4.65. The van der Waals surface area contributed by atoms with Crippen LogP contribution in [0.5, 0.6) is 0 Å². The van der Waals surface area contributed by atoms with Crippen LogP contribution in [0.3, 0.4) is 0 Å². The highest BCUT2D eigenvalue weighted by Crippen LogP contribution is 2.08. The predicted molar refractivity (Wildman–Crippen MR) is 78.3 cm³/mol. The topological polar surface area (TPSA) is 44.1 Å².